The molecule has 0 amide bonds. The molecular weight excluding hydrogens is 360 g/mol. The van der Waals surface area contributed by atoms with E-state index in [0.29, 0.717) is 18.1 Å². The monoisotopic (exact) mass is 384 g/mol. The highest BCUT2D eigenvalue weighted by Crippen LogP contribution is 2.57. The molecule has 6 heteroatoms. The van der Waals surface area contributed by atoms with Crippen molar-refractivity contribution in [3.8, 4) is 34.5 Å². The summed E-state index contributed by atoms with van der Waals surface area (Å²) in [5.41, 5.74) is 2.68. The van der Waals surface area contributed by atoms with Crippen LogP contribution in [0.2, 0.25) is 0 Å². The van der Waals surface area contributed by atoms with E-state index in [4.69, 9.17) is 23.7 Å². The van der Waals surface area contributed by atoms with Gasteiger partial charge in [-0.1, -0.05) is 0 Å². The van der Waals surface area contributed by atoms with Crippen molar-refractivity contribution < 1.29 is 28.8 Å². The van der Waals surface area contributed by atoms with Gasteiger partial charge in [-0.05, 0) is 32.8 Å². The Labute approximate surface area is 163 Å². The number of aromatic hydroxyl groups is 1. The number of hydrogen-bond donors (Lipinski definition) is 1. The summed E-state index contributed by atoms with van der Waals surface area (Å²) >= 11 is 0. The molecule has 5 rings (SSSR count). The minimum absolute atomic E-state index is 0.0211. The van der Waals surface area contributed by atoms with Gasteiger partial charge in [-0.25, -0.2) is 0 Å². The highest BCUT2D eigenvalue weighted by atomic mass is 16.5. The predicted octanol–water partition coefficient (Wildman–Crippen LogP) is 4.12. The van der Waals surface area contributed by atoms with Gasteiger partial charge in [-0.2, -0.15) is 0 Å². The number of methoxy groups -OCH3 is 2. The number of hydrogen-bond acceptors (Lipinski definition) is 6. The van der Waals surface area contributed by atoms with Gasteiger partial charge in [0.2, 0.25) is 0 Å². The van der Waals surface area contributed by atoms with Crippen LogP contribution in [-0.2, 0) is 6.42 Å². The Morgan fingerprint density at radius 2 is 1.89 bits per heavy atom. The van der Waals surface area contributed by atoms with E-state index >= 15 is 0 Å². The minimum Gasteiger partial charge on any atom is -0.504 e. The molecule has 0 radical (unpaired) electrons. The largest absolute Gasteiger partial charge is 0.504 e. The van der Waals surface area contributed by atoms with Crippen LogP contribution < -0.4 is 23.7 Å². The van der Waals surface area contributed by atoms with E-state index in [-0.39, 0.29) is 23.4 Å². The Hall–Kier alpha value is -2.76. The SMILES string of the molecule is COc1cc2c(cc1O)C1COc3cc4c(c(OC)c3C1O2)CCC(C)(C)O4. The Morgan fingerprint density at radius 1 is 1.07 bits per heavy atom. The maximum absolute atomic E-state index is 10.2. The molecule has 2 unspecified atom stereocenters. The highest BCUT2D eigenvalue weighted by Gasteiger charge is 2.45. The van der Waals surface area contributed by atoms with Crippen LogP contribution >= 0.6 is 0 Å². The molecule has 0 spiro atoms. The first-order valence-corrected chi connectivity index (χ1v) is 9.55. The lowest BCUT2D eigenvalue weighted by atomic mass is 9.85. The smallest absolute Gasteiger partial charge is 0.164 e. The fraction of sp³-hybridized carbons (Fsp3) is 0.455. The van der Waals surface area contributed by atoms with Crippen LogP contribution in [0.15, 0.2) is 18.2 Å². The molecule has 0 aromatic heterocycles. The van der Waals surface area contributed by atoms with Crippen molar-refractivity contribution in [3.63, 3.8) is 0 Å². The van der Waals surface area contributed by atoms with Crippen LogP contribution in [0.4, 0.5) is 0 Å². The molecule has 1 N–H and O–H groups in total. The van der Waals surface area contributed by atoms with Gasteiger partial charge < -0.3 is 28.8 Å². The van der Waals surface area contributed by atoms with Crippen molar-refractivity contribution in [2.24, 2.45) is 0 Å². The summed E-state index contributed by atoms with van der Waals surface area (Å²) in [6, 6.07) is 5.41. The molecule has 0 fully saturated rings. The van der Waals surface area contributed by atoms with Crippen molar-refractivity contribution in [2.45, 2.75) is 44.3 Å². The second kappa shape index (κ2) is 5.87. The number of fused-ring (bicyclic) bond motifs is 6. The van der Waals surface area contributed by atoms with Gasteiger partial charge >= 0.3 is 0 Å². The van der Waals surface area contributed by atoms with Crippen LogP contribution in [0.3, 0.4) is 0 Å². The quantitative estimate of drug-likeness (QED) is 0.840. The van der Waals surface area contributed by atoms with E-state index in [2.05, 4.69) is 13.8 Å². The average Bonchev–Trinajstić information content (AvgIpc) is 3.02. The fourth-order valence-corrected chi connectivity index (χ4v) is 4.51. The van der Waals surface area contributed by atoms with Crippen molar-refractivity contribution >= 4 is 0 Å². The molecule has 0 aliphatic carbocycles. The fourth-order valence-electron chi connectivity index (χ4n) is 4.51. The standard InChI is InChI=1S/C22H24O6/c1-22(2)6-5-11-16(28-22)9-18-19(20(11)25-4)21-13(10-26-18)12-7-14(23)17(24-3)8-15(12)27-21/h7-9,13,21,23H,5-6,10H2,1-4H3. The Morgan fingerprint density at radius 3 is 2.64 bits per heavy atom. The zero-order valence-electron chi connectivity index (χ0n) is 16.5. The first kappa shape index (κ1) is 17.3. The van der Waals surface area contributed by atoms with Gasteiger partial charge in [-0.3, -0.25) is 0 Å². The van der Waals surface area contributed by atoms with Crippen LogP contribution in [0.25, 0.3) is 0 Å². The molecule has 28 heavy (non-hydrogen) atoms. The van der Waals surface area contributed by atoms with Crippen LogP contribution in [0.5, 0.6) is 34.5 Å². The van der Waals surface area contributed by atoms with E-state index in [9.17, 15) is 5.11 Å². The normalized spacial score (nSPS) is 23.1. The number of benzene rings is 2. The second-order valence-electron chi connectivity index (χ2n) is 8.18. The van der Waals surface area contributed by atoms with Gasteiger partial charge in [0.15, 0.2) is 11.5 Å². The first-order chi connectivity index (χ1) is 13.4. The summed E-state index contributed by atoms with van der Waals surface area (Å²) in [5, 5.41) is 10.2. The van der Waals surface area contributed by atoms with Crippen molar-refractivity contribution in [1.29, 1.82) is 0 Å². The Bertz CT molecular complexity index is 964. The van der Waals surface area contributed by atoms with Gasteiger partial charge in [0.05, 0.1) is 32.3 Å². The zero-order chi connectivity index (χ0) is 19.6. The Balaban J connectivity index is 1.62. The van der Waals surface area contributed by atoms with E-state index in [0.717, 1.165) is 46.8 Å². The topological polar surface area (TPSA) is 66.4 Å². The van der Waals surface area contributed by atoms with Gasteiger partial charge in [0.25, 0.3) is 0 Å². The lowest BCUT2D eigenvalue weighted by Crippen LogP contribution is -2.33. The molecule has 0 bridgehead atoms. The summed E-state index contributed by atoms with van der Waals surface area (Å²) < 4.78 is 29.7. The van der Waals surface area contributed by atoms with Crippen LogP contribution in [0.1, 0.15) is 49.0 Å². The number of ether oxygens (including phenoxy) is 5. The van der Waals surface area contributed by atoms with Gasteiger partial charge in [-0.15, -0.1) is 0 Å². The summed E-state index contributed by atoms with van der Waals surface area (Å²) in [6.07, 6.45) is 1.55. The van der Waals surface area contributed by atoms with Crippen molar-refractivity contribution in [3.05, 3.63) is 34.9 Å². The molecule has 2 aromatic carbocycles. The average molecular weight is 384 g/mol. The van der Waals surface area contributed by atoms with E-state index in [1.807, 2.05) is 6.07 Å². The molecule has 3 aliphatic heterocycles. The molecule has 3 heterocycles. The molecule has 2 aromatic rings. The molecule has 3 aliphatic rings. The lowest BCUT2D eigenvalue weighted by Gasteiger charge is -2.36. The third kappa shape index (κ3) is 2.40. The molecule has 0 saturated heterocycles. The zero-order valence-corrected chi connectivity index (χ0v) is 16.5. The van der Waals surface area contributed by atoms with Gasteiger partial charge in [0, 0.05) is 23.3 Å². The minimum atomic E-state index is -0.236. The number of rotatable bonds is 2. The second-order valence-corrected chi connectivity index (χ2v) is 8.18. The van der Waals surface area contributed by atoms with Crippen molar-refractivity contribution in [1.82, 2.24) is 0 Å². The first-order valence-electron chi connectivity index (χ1n) is 9.55. The van der Waals surface area contributed by atoms with E-state index in [1.54, 1.807) is 19.2 Å². The molecule has 0 saturated carbocycles. The molecule has 2 atom stereocenters. The third-order valence-electron chi connectivity index (χ3n) is 5.94. The highest BCUT2D eigenvalue weighted by molar-refractivity contribution is 5.63. The summed E-state index contributed by atoms with van der Waals surface area (Å²) in [6.45, 7) is 4.65. The van der Waals surface area contributed by atoms with Crippen molar-refractivity contribution in [2.75, 3.05) is 20.8 Å². The number of phenols is 1. The molecule has 148 valence electrons. The lowest BCUT2D eigenvalue weighted by molar-refractivity contribution is 0.0808. The summed E-state index contributed by atoms with van der Waals surface area (Å²) in [7, 11) is 3.20. The molecular formula is C22H24O6. The van der Waals surface area contributed by atoms with E-state index < -0.39 is 0 Å². The predicted molar refractivity (Wildman–Crippen MR) is 102 cm³/mol. The maximum Gasteiger partial charge on any atom is 0.164 e. The number of phenolic OH excluding ortho intramolecular Hbond substituents is 1. The summed E-state index contributed by atoms with van der Waals surface area (Å²) in [5.74, 6) is 3.52. The third-order valence-corrected chi connectivity index (χ3v) is 5.94. The van der Waals surface area contributed by atoms with Crippen LogP contribution in [0, 0.1) is 0 Å². The molecule has 6 nitrogen and oxygen atoms in total. The van der Waals surface area contributed by atoms with Crippen LogP contribution in [-0.4, -0.2) is 31.5 Å². The van der Waals surface area contributed by atoms with E-state index in [1.165, 1.54) is 7.11 Å². The Kier molecular flexibility index (Phi) is 3.63. The van der Waals surface area contributed by atoms with Gasteiger partial charge in [0.1, 0.15) is 34.7 Å². The summed E-state index contributed by atoms with van der Waals surface area (Å²) in [4.78, 5) is 0. The maximum atomic E-state index is 10.2.